The minimum absolute atomic E-state index is 0.0440. The molecule has 0 saturated carbocycles. The Labute approximate surface area is 170 Å². The molecule has 10 N–H and O–H groups in total. The number of aliphatic carboxylic acids is 1. The number of aliphatic imine (C=N–C) groups is 1. The quantitative estimate of drug-likeness (QED) is 0.0975. The highest BCUT2D eigenvalue weighted by Crippen LogP contribution is 2.05. The first-order valence-corrected chi connectivity index (χ1v) is 9.35. The third kappa shape index (κ3) is 12.2. The van der Waals surface area contributed by atoms with Gasteiger partial charge in [-0.2, -0.15) is 0 Å². The Hall–Kier alpha value is -2.89. The smallest absolute Gasteiger partial charge is 0.325 e. The zero-order chi connectivity index (χ0) is 22.6. The molecular formula is C17H33N7O5. The summed E-state index contributed by atoms with van der Waals surface area (Å²) in [5.74, 6) is -2.88. The van der Waals surface area contributed by atoms with E-state index in [1.807, 2.05) is 13.8 Å². The molecule has 12 nitrogen and oxygen atoms in total. The van der Waals surface area contributed by atoms with Gasteiger partial charge in [0.15, 0.2) is 5.96 Å². The molecule has 0 aliphatic carbocycles. The lowest BCUT2D eigenvalue weighted by atomic mass is 10.0. The molecule has 0 bridgehead atoms. The van der Waals surface area contributed by atoms with Gasteiger partial charge in [-0.1, -0.05) is 13.8 Å². The summed E-state index contributed by atoms with van der Waals surface area (Å²) in [4.78, 5) is 51.0. The summed E-state index contributed by atoms with van der Waals surface area (Å²) in [6.07, 6.45) is 1.13. The van der Waals surface area contributed by atoms with Crippen molar-refractivity contribution in [2.45, 2.75) is 58.2 Å². The predicted molar refractivity (Wildman–Crippen MR) is 108 cm³/mol. The number of carboxylic acids is 1. The van der Waals surface area contributed by atoms with E-state index in [4.69, 9.17) is 22.3 Å². The van der Waals surface area contributed by atoms with Crippen molar-refractivity contribution in [3.8, 4) is 0 Å². The number of nitrogens with one attached hydrogen (secondary N) is 3. The van der Waals surface area contributed by atoms with Crippen molar-refractivity contribution in [3.63, 3.8) is 0 Å². The Kier molecular flexibility index (Phi) is 12.0. The number of amides is 3. The number of nitrogens with zero attached hydrogens (tertiary/aromatic N) is 1. The molecule has 29 heavy (non-hydrogen) atoms. The Morgan fingerprint density at radius 1 is 1.03 bits per heavy atom. The van der Waals surface area contributed by atoms with Crippen LogP contribution in [0.1, 0.15) is 40.0 Å². The van der Waals surface area contributed by atoms with Crippen LogP contribution >= 0.6 is 0 Å². The van der Waals surface area contributed by atoms with Gasteiger partial charge in [-0.3, -0.25) is 24.2 Å². The Morgan fingerprint density at radius 3 is 2.17 bits per heavy atom. The number of hydrogen-bond acceptors (Lipinski definition) is 6. The van der Waals surface area contributed by atoms with E-state index in [2.05, 4.69) is 20.9 Å². The van der Waals surface area contributed by atoms with Crippen molar-refractivity contribution in [2.75, 3.05) is 13.1 Å². The fourth-order valence-corrected chi connectivity index (χ4v) is 2.27. The molecule has 3 unspecified atom stereocenters. The monoisotopic (exact) mass is 415 g/mol. The molecule has 0 aromatic carbocycles. The summed E-state index contributed by atoms with van der Waals surface area (Å²) >= 11 is 0. The van der Waals surface area contributed by atoms with Crippen molar-refractivity contribution in [1.29, 1.82) is 0 Å². The van der Waals surface area contributed by atoms with Gasteiger partial charge in [0.2, 0.25) is 17.7 Å². The number of carbonyl (C=O) groups is 4. The lowest BCUT2D eigenvalue weighted by Gasteiger charge is -2.21. The fourth-order valence-electron chi connectivity index (χ4n) is 2.27. The zero-order valence-corrected chi connectivity index (χ0v) is 17.1. The Bertz CT molecular complexity index is 605. The second-order valence-electron chi connectivity index (χ2n) is 7.09. The topological polar surface area (TPSA) is 215 Å². The van der Waals surface area contributed by atoms with Crippen LogP contribution in [-0.4, -0.2) is 66.0 Å². The summed E-state index contributed by atoms with van der Waals surface area (Å²) in [5, 5.41) is 16.1. The predicted octanol–water partition coefficient (Wildman–Crippen LogP) is -2.40. The van der Waals surface area contributed by atoms with E-state index < -0.39 is 41.8 Å². The van der Waals surface area contributed by atoms with Crippen LogP contribution in [0.5, 0.6) is 0 Å². The minimum Gasteiger partial charge on any atom is -0.480 e. The molecular weight excluding hydrogens is 382 g/mol. The van der Waals surface area contributed by atoms with Crippen LogP contribution in [0.3, 0.4) is 0 Å². The third-order valence-electron chi connectivity index (χ3n) is 3.82. The highest BCUT2D eigenvalue weighted by atomic mass is 16.4. The van der Waals surface area contributed by atoms with Crippen LogP contribution in [0.25, 0.3) is 0 Å². The molecule has 0 aromatic rings. The van der Waals surface area contributed by atoms with Crippen molar-refractivity contribution in [2.24, 2.45) is 28.1 Å². The molecule has 0 rings (SSSR count). The Morgan fingerprint density at radius 2 is 1.66 bits per heavy atom. The summed E-state index contributed by atoms with van der Waals surface area (Å²) in [5.41, 5.74) is 16.1. The number of nitrogens with two attached hydrogens (primary N) is 3. The van der Waals surface area contributed by atoms with E-state index >= 15 is 0 Å². The first-order valence-electron chi connectivity index (χ1n) is 9.35. The van der Waals surface area contributed by atoms with E-state index in [1.165, 1.54) is 6.92 Å². The molecule has 12 heteroatoms. The normalized spacial score (nSPS) is 13.7. The molecule has 3 atom stereocenters. The molecule has 0 spiro atoms. The summed E-state index contributed by atoms with van der Waals surface area (Å²) < 4.78 is 0. The minimum atomic E-state index is -1.19. The third-order valence-corrected chi connectivity index (χ3v) is 3.82. The Balaban J connectivity index is 4.55. The summed E-state index contributed by atoms with van der Waals surface area (Å²) in [6.45, 7) is 5.01. The van der Waals surface area contributed by atoms with E-state index in [9.17, 15) is 19.2 Å². The number of hydrogen-bond donors (Lipinski definition) is 7. The van der Waals surface area contributed by atoms with Crippen molar-refractivity contribution in [3.05, 3.63) is 0 Å². The summed E-state index contributed by atoms with van der Waals surface area (Å²) in [7, 11) is 0. The molecule has 0 saturated heterocycles. The number of carboxylic acid groups (broad SMARTS) is 1. The van der Waals surface area contributed by atoms with Gasteiger partial charge < -0.3 is 38.3 Å². The number of carbonyl (C=O) groups excluding carboxylic acids is 3. The van der Waals surface area contributed by atoms with E-state index in [1.54, 1.807) is 0 Å². The van der Waals surface area contributed by atoms with Gasteiger partial charge in [0.1, 0.15) is 12.1 Å². The van der Waals surface area contributed by atoms with Gasteiger partial charge in [-0.25, -0.2) is 0 Å². The standard InChI is InChI=1S/C17H33N7O5/c1-9(2)7-12(15(27)23-10(3)16(28)29)24-13(25)8-22-14(26)11(18)5-4-6-21-17(19)20/h9-12H,4-8,18H2,1-3H3,(H,22,26)(H,23,27)(H,24,25)(H,28,29)(H4,19,20,21). The summed E-state index contributed by atoms with van der Waals surface area (Å²) in [6, 6.07) is -2.84. The lowest BCUT2D eigenvalue weighted by molar-refractivity contribution is -0.141. The van der Waals surface area contributed by atoms with Gasteiger partial charge in [0, 0.05) is 6.54 Å². The van der Waals surface area contributed by atoms with Crippen LogP contribution < -0.4 is 33.2 Å². The maximum absolute atomic E-state index is 12.2. The van der Waals surface area contributed by atoms with Gasteiger partial charge in [-0.05, 0) is 32.1 Å². The van der Waals surface area contributed by atoms with Crippen LogP contribution in [0.4, 0.5) is 0 Å². The molecule has 0 heterocycles. The first kappa shape index (κ1) is 26.1. The van der Waals surface area contributed by atoms with E-state index in [0.29, 0.717) is 25.8 Å². The van der Waals surface area contributed by atoms with Crippen molar-refractivity contribution in [1.82, 2.24) is 16.0 Å². The average molecular weight is 415 g/mol. The fraction of sp³-hybridized carbons (Fsp3) is 0.706. The number of guanidine groups is 1. The maximum atomic E-state index is 12.2. The zero-order valence-electron chi connectivity index (χ0n) is 17.1. The van der Waals surface area contributed by atoms with Gasteiger partial charge in [0.05, 0.1) is 12.6 Å². The van der Waals surface area contributed by atoms with Gasteiger partial charge in [-0.15, -0.1) is 0 Å². The van der Waals surface area contributed by atoms with E-state index in [0.717, 1.165) is 0 Å². The number of rotatable bonds is 13. The maximum Gasteiger partial charge on any atom is 0.325 e. The molecule has 0 radical (unpaired) electrons. The molecule has 3 amide bonds. The molecule has 0 fully saturated rings. The van der Waals surface area contributed by atoms with Gasteiger partial charge in [0.25, 0.3) is 0 Å². The highest BCUT2D eigenvalue weighted by Gasteiger charge is 2.25. The van der Waals surface area contributed by atoms with Crippen LogP contribution in [0, 0.1) is 5.92 Å². The van der Waals surface area contributed by atoms with E-state index in [-0.39, 0.29) is 18.4 Å². The van der Waals surface area contributed by atoms with Crippen molar-refractivity contribution >= 4 is 29.7 Å². The molecule has 0 aromatic heterocycles. The first-order chi connectivity index (χ1) is 13.4. The average Bonchev–Trinajstić information content (AvgIpc) is 2.61. The van der Waals surface area contributed by atoms with Crippen LogP contribution in [0.15, 0.2) is 4.99 Å². The van der Waals surface area contributed by atoms with Crippen molar-refractivity contribution < 1.29 is 24.3 Å². The van der Waals surface area contributed by atoms with Crippen LogP contribution in [-0.2, 0) is 19.2 Å². The molecule has 0 aliphatic heterocycles. The van der Waals surface area contributed by atoms with Gasteiger partial charge >= 0.3 is 5.97 Å². The molecule has 0 aliphatic rings. The SMILES string of the molecule is CC(C)CC(NC(=O)CNC(=O)C(N)CCCN=C(N)N)C(=O)NC(C)C(=O)O. The lowest BCUT2D eigenvalue weighted by Crippen LogP contribution is -2.53. The second-order valence-corrected chi connectivity index (χ2v) is 7.09. The molecule has 166 valence electrons. The highest BCUT2D eigenvalue weighted by molar-refractivity contribution is 5.92. The largest absolute Gasteiger partial charge is 0.480 e. The second kappa shape index (κ2) is 13.3. The van der Waals surface area contributed by atoms with Crippen LogP contribution in [0.2, 0.25) is 0 Å².